The summed E-state index contributed by atoms with van der Waals surface area (Å²) in [5.74, 6) is 4.68. The smallest absolute Gasteiger partial charge is 0.384 e. The zero-order valence-corrected chi connectivity index (χ0v) is 6.89. The lowest BCUT2D eigenvalue weighted by Gasteiger charge is -1.95. The van der Waals surface area contributed by atoms with Crippen LogP contribution >= 0.6 is 0 Å². The third-order valence-corrected chi connectivity index (χ3v) is 1.27. The molecule has 0 saturated carbocycles. The Morgan fingerprint density at radius 2 is 2.45 bits per heavy atom. The third-order valence-electron chi connectivity index (χ3n) is 1.27. The fraction of sp³-hybridized carbons (Fsp3) is 0.444. The van der Waals surface area contributed by atoms with Gasteiger partial charge in [-0.2, -0.15) is 0 Å². The number of carbonyl (C=O) groups is 1. The van der Waals surface area contributed by atoms with Crippen molar-refractivity contribution in [3.8, 4) is 11.8 Å². The Balaban J connectivity index is 4.02. The number of ether oxygens (including phenoxy) is 1. The molecule has 0 aromatic carbocycles. The van der Waals surface area contributed by atoms with Crippen molar-refractivity contribution in [1.82, 2.24) is 0 Å². The molecule has 0 aromatic rings. The molecule has 11 heavy (non-hydrogen) atoms. The minimum absolute atomic E-state index is 0.0918. The van der Waals surface area contributed by atoms with Crippen LogP contribution in [0.1, 0.15) is 13.3 Å². The fourth-order valence-electron chi connectivity index (χ4n) is 0.530. The predicted molar refractivity (Wildman–Crippen MR) is 43.8 cm³/mol. The van der Waals surface area contributed by atoms with Crippen LogP contribution in [-0.4, -0.2) is 13.1 Å². The van der Waals surface area contributed by atoms with Gasteiger partial charge in [0.2, 0.25) is 0 Å². The van der Waals surface area contributed by atoms with Crippen LogP contribution in [0.4, 0.5) is 0 Å². The number of hydrogen-bond donors (Lipinski definition) is 0. The number of carbonyl (C=O) groups excluding carboxylic acids is 1. The summed E-state index contributed by atoms with van der Waals surface area (Å²) >= 11 is 0. The molecule has 0 aliphatic heterocycles. The molecule has 0 spiro atoms. The lowest BCUT2D eigenvalue weighted by atomic mass is 10.1. The zero-order chi connectivity index (χ0) is 8.69. The van der Waals surface area contributed by atoms with Crippen LogP contribution in [-0.2, 0) is 9.53 Å². The van der Waals surface area contributed by atoms with E-state index in [1.165, 1.54) is 7.11 Å². The molecule has 0 aromatic heterocycles. The average molecular weight is 152 g/mol. The predicted octanol–water partition coefficient (Wildman–Crippen LogP) is 1.37. The van der Waals surface area contributed by atoms with Crippen molar-refractivity contribution >= 4 is 5.97 Å². The van der Waals surface area contributed by atoms with Crippen LogP contribution in [0.3, 0.4) is 0 Å². The van der Waals surface area contributed by atoms with Gasteiger partial charge in [-0.1, -0.05) is 18.9 Å². The van der Waals surface area contributed by atoms with Gasteiger partial charge in [-0.25, -0.2) is 4.79 Å². The summed E-state index contributed by atoms with van der Waals surface area (Å²) in [4.78, 5) is 10.5. The molecule has 1 atom stereocenters. The summed E-state index contributed by atoms with van der Waals surface area (Å²) < 4.78 is 4.34. The first-order chi connectivity index (χ1) is 5.24. The Labute approximate surface area is 67.2 Å². The monoisotopic (exact) mass is 152 g/mol. The number of esters is 1. The Morgan fingerprint density at radius 3 is 2.82 bits per heavy atom. The van der Waals surface area contributed by atoms with E-state index in [-0.39, 0.29) is 5.92 Å². The maximum absolute atomic E-state index is 10.5. The first kappa shape index (κ1) is 9.77. The van der Waals surface area contributed by atoms with Gasteiger partial charge in [0, 0.05) is 11.8 Å². The number of rotatable bonds is 2. The van der Waals surface area contributed by atoms with Crippen LogP contribution in [0.25, 0.3) is 0 Å². The van der Waals surface area contributed by atoms with E-state index >= 15 is 0 Å². The molecular weight excluding hydrogens is 140 g/mol. The van der Waals surface area contributed by atoms with Crippen LogP contribution in [0.5, 0.6) is 0 Å². The molecule has 0 bridgehead atoms. The van der Waals surface area contributed by atoms with E-state index in [1.807, 2.05) is 6.92 Å². The molecule has 2 nitrogen and oxygen atoms in total. The zero-order valence-electron chi connectivity index (χ0n) is 6.89. The van der Waals surface area contributed by atoms with E-state index < -0.39 is 5.97 Å². The summed E-state index contributed by atoms with van der Waals surface area (Å²) in [6.45, 7) is 5.57. The molecule has 0 amide bonds. The van der Waals surface area contributed by atoms with Crippen LogP contribution < -0.4 is 0 Å². The van der Waals surface area contributed by atoms with E-state index in [0.29, 0.717) is 0 Å². The van der Waals surface area contributed by atoms with Gasteiger partial charge < -0.3 is 4.74 Å². The summed E-state index contributed by atoms with van der Waals surface area (Å²) in [5.41, 5.74) is 0. The number of hydrogen-bond acceptors (Lipinski definition) is 2. The van der Waals surface area contributed by atoms with Crippen molar-refractivity contribution in [2.45, 2.75) is 13.3 Å². The van der Waals surface area contributed by atoms with Gasteiger partial charge in [-0.05, 0) is 6.42 Å². The van der Waals surface area contributed by atoms with Gasteiger partial charge in [0.15, 0.2) is 0 Å². The largest absolute Gasteiger partial charge is 0.459 e. The maximum atomic E-state index is 10.5. The molecule has 1 unspecified atom stereocenters. The average Bonchev–Trinajstić information content (AvgIpc) is 2.06. The van der Waals surface area contributed by atoms with Crippen molar-refractivity contribution in [2.75, 3.05) is 7.11 Å². The normalized spacial score (nSPS) is 10.7. The minimum Gasteiger partial charge on any atom is -0.459 e. The highest BCUT2D eigenvalue weighted by Gasteiger charge is 1.95. The molecule has 0 heterocycles. The van der Waals surface area contributed by atoms with E-state index in [1.54, 1.807) is 6.08 Å². The standard InChI is InChI=1S/C9H12O2/c1-4-8(5-2)6-7-9(10)11-3/h4,8H,1,5H2,2-3H3. The van der Waals surface area contributed by atoms with Gasteiger partial charge >= 0.3 is 5.97 Å². The SMILES string of the molecule is C=CC(C#CC(=O)OC)CC. The number of allylic oxidation sites excluding steroid dienone is 1. The maximum Gasteiger partial charge on any atom is 0.384 e. The second-order valence-corrected chi connectivity index (χ2v) is 2.01. The number of methoxy groups -OCH3 is 1. The molecule has 0 radical (unpaired) electrons. The molecule has 2 heteroatoms. The van der Waals surface area contributed by atoms with Crippen LogP contribution in [0, 0.1) is 17.8 Å². The summed E-state index contributed by atoms with van der Waals surface area (Å²) in [6.07, 6.45) is 2.59. The summed E-state index contributed by atoms with van der Waals surface area (Å²) in [7, 11) is 1.31. The van der Waals surface area contributed by atoms with E-state index in [0.717, 1.165) is 6.42 Å². The topological polar surface area (TPSA) is 26.3 Å². The lowest BCUT2D eigenvalue weighted by Crippen LogP contribution is -1.96. The fourth-order valence-corrected chi connectivity index (χ4v) is 0.530. The summed E-state index contributed by atoms with van der Waals surface area (Å²) in [6, 6.07) is 0. The van der Waals surface area contributed by atoms with Crippen LogP contribution in [0.15, 0.2) is 12.7 Å². The van der Waals surface area contributed by atoms with E-state index in [9.17, 15) is 4.79 Å². The van der Waals surface area contributed by atoms with E-state index in [4.69, 9.17) is 0 Å². The quantitative estimate of drug-likeness (QED) is 0.258. The Hall–Kier alpha value is -1.23. The highest BCUT2D eigenvalue weighted by atomic mass is 16.5. The van der Waals surface area contributed by atoms with Crippen molar-refractivity contribution < 1.29 is 9.53 Å². The Kier molecular flexibility index (Phi) is 4.93. The highest BCUT2D eigenvalue weighted by Crippen LogP contribution is 1.99. The third kappa shape index (κ3) is 4.21. The first-order valence-corrected chi connectivity index (χ1v) is 3.46. The van der Waals surface area contributed by atoms with Gasteiger partial charge in [0.25, 0.3) is 0 Å². The van der Waals surface area contributed by atoms with Gasteiger partial charge in [-0.15, -0.1) is 6.58 Å². The highest BCUT2D eigenvalue weighted by molar-refractivity contribution is 5.88. The molecule has 0 aliphatic rings. The van der Waals surface area contributed by atoms with Gasteiger partial charge in [0.05, 0.1) is 7.11 Å². The Bertz CT molecular complexity index is 195. The van der Waals surface area contributed by atoms with E-state index in [2.05, 4.69) is 23.2 Å². The lowest BCUT2D eigenvalue weighted by molar-refractivity contribution is -0.133. The van der Waals surface area contributed by atoms with Gasteiger partial charge in [0.1, 0.15) is 0 Å². The molecule has 0 aliphatic carbocycles. The second-order valence-electron chi connectivity index (χ2n) is 2.01. The molecule has 0 N–H and O–H groups in total. The summed E-state index contributed by atoms with van der Waals surface area (Å²) in [5, 5.41) is 0. The minimum atomic E-state index is -0.495. The first-order valence-electron chi connectivity index (χ1n) is 3.46. The van der Waals surface area contributed by atoms with Crippen molar-refractivity contribution in [3.05, 3.63) is 12.7 Å². The molecule has 60 valence electrons. The van der Waals surface area contributed by atoms with Crippen molar-refractivity contribution in [2.24, 2.45) is 5.92 Å². The molecular formula is C9H12O2. The Morgan fingerprint density at radius 1 is 1.82 bits per heavy atom. The van der Waals surface area contributed by atoms with Crippen LogP contribution in [0.2, 0.25) is 0 Å². The second kappa shape index (κ2) is 5.55. The van der Waals surface area contributed by atoms with Crippen molar-refractivity contribution in [1.29, 1.82) is 0 Å². The van der Waals surface area contributed by atoms with Crippen molar-refractivity contribution in [3.63, 3.8) is 0 Å². The van der Waals surface area contributed by atoms with Gasteiger partial charge in [-0.3, -0.25) is 0 Å². The molecule has 0 rings (SSSR count). The molecule has 0 saturated heterocycles. The molecule has 0 fully saturated rings.